The molecule has 0 unspecified atom stereocenters. The molecule has 136 valence electrons. The van der Waals surface area contributed by atoms with Crippen LogP contribution >= 0.6 is 0 Å². The fourth-order valence-electron chi connectivity index (χ4n) is 3.42. The van der Waals surface area contributed by atoms with Gasteiger partial charge in [0.25, 0.3) is 5.91 Å². The first-order chi connectivity index (χ1) is 12.3. The summed E-state index contributed by atoms with van der Waals surface area (Å²) in [4.78, 5) is 22.4. The molecule has 0 aliphatic rings. The van der Waals surface area contributed by atoms with Gasteiger partial charge in [0.15, 0.2) is 0 Å². The van der Waals surface area contributed by atoms with Gasteiger partial charge < -0.3 is 9.88 Å². The highest BCUT2D eigenvalue weighted by Gasteiger charge is 2.20. The minimum absolute atomic E-state index is 0.151. The van der Waals surface area contributed by atoms with E-state index in [-0.39, 0.29) is 12.5 Å². The number of hydrogen-bond acceptors (Lipinski definition) is 4. The molecule has 0 saturated heterocycles. The standard InChI is InChI=1S/C20H24N4O2/c1-11-6-7-12(2)15(8-11)20(25)23-17-14(4)18-19(24(5)10-22-18)13(3)16(17)9-26-21/h6-8,10H,9,21H2,1-5H3,(H,23,25). The first-order valence-corrected chi connectivity index (χ1v) is 8.48. The number of nitrogens with zero attached hydrogens (tertiary/aromatic N) is 2. The summed E-state index contributed by atoms with van der Waals surface area (Å²) in [6.07, 6.45) is 1.77. The van der Waals surface area contributed by atoms with Gasteiger partial charge in [-0.15, -0.1) is 0 Å². The largest absolute Gasteiger partial charge is 0.333 e. The maximum Gasteiger partial charge on any atom is 0.255 e. The summed E-state index contributed by atoms with van der Waals surface area (Å²) >= 11 is 0. The van der Waals surface area contributed by atoms with Crippen molar-refractivity contribution in [2.24, 2.45) is 12.9 Å². The van der Waals surface area contributed by atoms with E-state index in [1.165, 1.54) is 0 Å². The average Bonchev–Trinajstić information content (AvgIpc) is 2.99. The first-order valence-electron chi connectivity index (χ1n) is 8.48. The number of amides is 1. The van der Waals surface area contributed by atoms with Gasteiger partial charge in [0.2, 0.25) is 0 Å². The molecule has 0 bridgehead atoms. The molecule has 0 aliphatic carbocycles. The van der Waals surface area contributed by atoms with E-state index in [0.717, 1.165) is 38.9 Å². The Morgan fingerprint density at radius 2 is 1.96 bits per heavy atom. The fraction of sp³-hybridized carbons (Fsp3) is 0.300. The molecular weight excluding hydrogens is 328 g/mol. The van der Waals surface area contributed by atoms with Gasteiger partial charge in [-0.25, -0.2) is 10.9 Å². The van der Waals surface area contributed by atoms with E-state index < -0.39 is 0 Å². The number of benzene rings is 2. The zero-order chi connectivity index (χ0) is 19.0. The predicted molar refractivity (Wildman–Crippen MR) is 103 cm³/mol. The third kappa shape index (κ3) is 2.98. The number of anilines is 1. The number of carbonyl (C=O) groups is 1. The smallest absolute Gasteiger partial charge is 0.255 e. The molecule has 1 heterocycles. The molecule has 1 aromatic heterocycles. The van der Waals surface area contributed by atoms with Gasteiger partial charge in [-0.3, -0.25) is 9.63 Å². The number of nitrogens with one attached hydrogen (secondary N) is 1. The Balaban J connectivity index is 2.14. The second kappa shape index (κ2) is 6.90. The molecular formula is C20H24N4O2. The maximum absolute atomic E-state index is 12.9. The van der Waals surface area contributed by atoms with Crippen LogP contribution < -0.4 is 11.2 Å². The highest BCUT2D eigenvalue weighted by atomic mass is 16.6. The van der Waals surface area contributed by atoms with Gasteiger partial charge >= 0.3 is 0 Å². The number of imidazole rings is 1. The lowest BCUT2D eigenvalue weighted by Crippen LogP contribution is -2.17. The van der Waals surface area contributed by atoms with Crippen LogP contribution in [-0.4, -0.2) is 15.5 Å². The molecule has 0 aliphatic heterocycles. The van der Waals surface area contributed by atoms with Crippen molar-refractivity contribution in [1.29, 1.82) is 0 Å². The van der Waals surface area contributed by atoms with Gasteiger partial charge in [0, 0.05) is 23.7 Å². The van der Waals surface area contributed by atoms with Crippen molar-refractivity contribution in [2.45, 2.75) is 34.3 Å². The SMILES string of the molecule is Cc1ccc(C)c(C(=O)Nc2c(CON)c(C)c3c(ncn3C)c2C)c1. The van der Waals surface area contributed by atoms with Gasteiger partial charge in [0.1, 0.15) is 0 Å². The molecule has 0 fully saturated rings. The van der Waals surface area contributed by atoms with Crippen molar-refractivity contribution in [3.05, 3.63) is 57.9 Å². The van der Waals surface area contributed by atoms with E-state index in [1.54, 1.807) is 6.33 Å². The van der Waals surface area contributed by atoms with Crippen LogP contribution in [0.25, 0.3) is 11.0 Å². The maximum atomic E-state index is 12.9. The van der Waals surface area contributed by atoms with Crippen molar-refractivity contribution in [2.75, 3.05) is 5.32 Å². The number of carbonyl (C=O) groups excluding carboxylic acids is 1. The van der Waals surface area contributed by atoms with Crippen LogP contribution in [0.1, 0.15) is 38.2 Å². The molecule has 6 nitrogen and oxygen atoms in total. The van der Waals surface area contributed by atoms with E-state index in [4.69, 9.17) is 10.7 Å². The van der Waals surface area contributed by atoms with E-state index in [0.29, 0.717) is 11.3 Å². The quantitative estimate of drug-likeness (QED) is 0.705. The Bertz CT molecular complexity index is 1000. The van der Waals surface area contributed by atoms with Gasteiger partial charge in [0.05, 0.1) is 29.7 Å². The van der Waals surface area contributed by atoms with Crippen LogP contribution in [0.4, 0.5) is 5.69 Å². The minimum atomic E-state index is -0.151. The molecule has 26 heavy (non-hydrogen) atoms. The van der Waals surface area contributed by atoms with E-state index in [1.807, 2.05) is 57.5 Å². The van der Waals surface area contributed by atoms with E-state index in [9.17, 15) is 4.79 Å². The van der Waals surface area contributed by atoms with E-state index >= 15 is 0 Å². The Kier molecular flexibility index (Phi) is 4.80. The topological polar surface area (TPSA) is 82.2 Å². The third-order valence-electron chi connectivity index (χ3n) is 4.88. The molecule has 3 rings (SSSR count). The number of aromatic nitrogens is 2. The van der Waals surface area contributed by atoms with Crippen LogP contribution in [-0.2, 0) is 18.5 Å². The van der Waals surface area contributed by atoms with Gasteiger partial charge in [-0.2, -0.15) is 0 Å². The van der Waals surface area contributed by atoms with Crippen molar-refractivity contribution in [1.82, 2.24) is 9.55 Å². The molecule has 6 heteroatoms. The Labute approximate surface area is 152 Å². The molecule has 0 saturated carbocycles. The third-order valence-corrected chi connectivity index (χ3v) is 4.88. The van der Waals surface area contributed by atoms with Gasteiger partial charge in [-0.1, -0.05) is 17.7 Å². The zero-order valence-corrected chi connectivity index (χ0v) is 15.8. The highest BCUT2D eigenvalue weighted by molar-refractivity contribution is 6.07. The van der Waals surface area contributed by atoms with Crippen molar-refractivity contribution >= 4 is 22.6 Å². The molecule has 3 aromatic rings. The van der Waals surface area contributed by atoms with Crippen LogP contribution in [0.2, 0.25) is 0 Å². The number of aryl methyl sites for hydroxylation is 5. The monoisotopic (exact) mass is 352 g/mol. The number of rotatable bonds is 4. The molecule has 1 amide bonds. The Morgan fingerprint density at radius 3 is 2.65 bits per heavy atom. The molecule has 0 atom stereocenters. The number of hydrogen-bond donors (Lipinski definition) is 2. The summed E-state index contributed by atoms with van der Waals surface area (Å²) in [6.45, 7) is 8.05. The molecule has 0 spiro atoms. The Hall–Kier alpha value is -2.70. The summed E-state index contributed by atoms with van der Waals surface area (Å²) in [5.74, 6) is 5.21. The molecule has 2 aromatic carbocycles. The number of nitrogens with two attached hydrogens (primary N) is 1. The van der Waals surface area contributed by atoms with Gasteiger partial charge in [-0.05, 0) is 44.9 Å². The highest BCUT2D eigenvalue weighted by Crippen LogP contribution is 2.33. The summed E-state index contributed by atoms with van der Waals surface area (Å²) in [5, 5.41) is 3.07. The second-order valence-electron chi connectivity index (χ2n) is 6.74. The Morgan fingerprint density at radius 1 is 1.23 bits per heavy atom. The predicted octanol–water partition coefficient (Wildman–Crippen LogP) is 3.45. The van der Waals surface area contributed by atoms with Crippen LogP contribution in [0.5, 0.6) is 0 Å². The normalized spacial score (nSPS) is 11.2. The lowest BCUT2D eigenvalue weighted by Gasteiger charge is -2.18. The summed E-state index contributed by atoms with van der Waals surface area (Å²) in [7, 11) is 1.95. The average molecular weight is 352 g/mol. The minimum Gasteiger partial charge on any atom is -0.333 e. The van der Waals surface area contributed by atoms with E-state index in [2.05, 4.69) is 10.3 Å². The second-order valence-corrected chi connectivity index (χ2v) is 6.74. The first kappa shape index (κ1) is 18.1. The zero-order valence-electron chi connectivity index (χ0n) is 15.8. The summed E-state index contributed by atoms with van der Waals surface area (Å²) in [5.41, 5.74) is 7.97. The van der Waals surface area contributed by atoms with Crippen molar-refractivity contribution < 1.29 is 9.63 Å². The fourth-order valence-corrected chi connectivity index (χ4v) is 3.42. The van der Waals surface area contributed by atoms with Crippen LogP contribution in [0, 0.1) is 27.7 Å². The van der Waals surface area contributed by atoms with Crippen molar-refractivity contribution in [3.8, 4) is 0 Å². The lowest BCUT2D eigenvalue weighted by atomic mass is 9.99. The van der Waals surface area contributed by atoms with Crippen LogP contribution in [0.3, 0.4) is 0 Å². The molecule has 3 N–H and O–H groups in total. The van der Waals surface area contributed by atoms with Crippen molar-refractivity contribution in [3.63, 3.8) is 0 Å². The number of fused-ring (bicyclic) bond motifs is 1. The lowest BCUT2D eigenvalue weighted by molar-refractivity contribution is 0.102. The summed E-state index contributed by atoms with van der Waals surface area (Å²) in [6, 6.07) is 5.84. The molecule has 0 radical (unpaired) electrons. The van der Waals surface area contributed by atoms with Crippen LogP contribution in [0.15, 0.2) is 24.5 Å². The summed E-state index contributed by atoms with van der Waals surface area (Å²) < 4.78 is 1.97.